The molecule has 2 aliphatic heterocycles. The van der Waals surface area contributed by atoms with E-state index in [-0.39, 0.29) is 5.92 Å². The van der Waals surface area contributed by atoms with Crippen molar-refractivity contribution in [1.82, 2.24) is 9.80 Å². The molecule has 0 amide bonds. The minimum Gasteiger partial charge on any atom is -0.306 e. The molecule has 2 aliphatic rings. The van der Waals surface area contributed by atoms with E-state index in [1.165, 1.54) is 32.5 Å². The van der Waals surface area contributed by atoms with Gasteiger partial charge in [-0.15, -0.1) is 0 Å². The van der Waals surface area contributed by atoms with Crippen LogP contribution >= 0.6 is 0 Å². The number of hydrogen-bond donors (Lipinski definition) is 0. The topological polar surface area (TPSA) is 23.6 Å². The van der Waals surface area contributed by atoms with Crippen LogP contribution in [0.1, 0.15) is 33.1 Å². The van der Waals surface area contributed by atoms with Crippen molar-refractivity contribution in [2.45, 2.75) is 39.2 Å². The number of carbonyl (C=O) groups is 1. The van der Waals surface area contributed by atoms with Crippen LogP contribution in [-0.4, -0.2) is 54.9 Å². The average Bonchev–Trinajstić information content (AvgIpc) is 2.33. The van der Waals surface area contributed by atoms with Gasteiger partial charge in [-0.1, -0.05) is 6.92 Å². The van der Waals surface area contributed by atoms with E-state index in [1.807, 2.05) is 0 Å². The number of carbonyl (C=O) groups excluding carboxylic acids is 1. The Morgan fingerprint density at radius 2 is 1.82 bits per heavy atom. The first-order valence-electron chi connectivity index (χ1n) is 7.03. The number of ketones is 1. The van der Waals surface area contributed by atoms with Crippen LogP contribution in [0.15, 0.2) is 0 Å². The van der Waals surface area contributed by atoms with Gasteiger partial charge in [0.2, 0.25) is 0 Å². The molecule has 2 rings (SSSR count). The zero-order chi connectivity index (χ0) is 12.4. The van der Waals surface area contributed by atoms with Gasteiger partial charge in [0, 0.05) is 31.5 Å². The van der Waals surface area contributed by atoms with Crippen molar-refractivity contribution >= 4 is 5.78 Å². The lowest BCUT2D eigenvalue weighted by molar-refractivity contribution is -0.128. The minimum absolute atomic E-state index is 0.231. The molecule has 0 spiro atoms. The van der Waals surface area contributed by atoms with Gasteiger partial charge in [-0.2, -0.15) is 0 Å². The summed E-state index contributed by atoms with van der Waals surface area (Å²) >= 11 is 0. The molecule has 2 fully saturated rings. The van der Waals surface area contributed by atoms with Gasteiger partial charge in [-0.3, -0.25) is 9.69 Å². The van der Waals surface area contributed by atoms with E-state index in [4.69, 9.17) is 0 Å². The van der Waals surface area contributed by atoms with Crippen molar-refractivity contribution in [3.63, 3.8) is 0 Å². The first kappa shape index (κ1) is 13.0. The van der Waals surface area contributed by atoms with Crippen molar-refractivity contribution in [2.24, 2.45) is 11.8 Å². The fourth-order valence-electron chi connectivity index (χ4n) is 3.10. The van der Waals surface area contributed by atoms with E-state index in [0.29, 0.717) is 11.8 Å². The van der Waals surface area contributed by atoms with Crippen molar-refractivity contribution in [3.8, 4) is 0 Å². The SMILES string of the molecule is CC1C(=O)CCN(CC2CCN(C)CC2)C1C. The second-order valence-corrected chi connectivity index (χ2v) is 5.99. The Morgan fingerprint density at radius 3 is 2.47 bits per heavy atom. The Morgan fingerprint density at radius 1 is 1.18 bits per heavy atom. The highest BCUT2D eigenvalue weighted by atomic mass is 16.1. The number of hydrogen-bond acceptors (Lipinski definition) is 3. The fraction of sp³-hybridized carbons (Fsp3) is 0.929. The quantitative estimate of drug-likeness (QED) is 0.730. The highest BCUT2D eigenvalue weighted by Gasteiger charge is 2.32. The van der Waals surface area contributed by atoms with Crippen LogP contribution in [0.5, 0.6) is 0 Å². The maximum Gasteiger partial charge on any atom is 0.138 e. The van der Waals surface area contributed by atoms with Gasteiger partial charge in [-0.25, -0.2) is 0 Å². The molecule has 0 bridgehead atoms. The summed E-state index contributed by atoms with van der Waals surface area (Å²) in [5, 5.41) is 0. The lowest BCUT2D eigenvalue weighted by Crippen LogP contribution is -2.49. The summed E-state index contributed by atoms with van der Waals surface area (Å²) in [5.74, 6) is 1.53. The first-order valence-corrected chi connectivity index (χ1v) is 7.03. The second-order valence-electron chi connectivity index (χ2n) is 5.99. The van der Waals surface area contributed by atoms with E-state index in [1.54, 1.807) is 0 Å². The van der Waals surface area contributed by atoms with Crippen LogP contribution in [0, 0.1) is 11.8 Å². The summed E-state index contributed by atoms with van der Waals surface area (Å²) in [6, 6.07) is 0.441. The van der Waals surface area contributed by atoms with Crippen LogP contribution in [0.2, 0.25) is 0 Å². The monoisotopic (exact) mass is 238 g/mol. The summed E-state index contributed by atoms with van der Waals surface area (Å²) in [6.07, 6.45) is 3.40. The van der Waals surface area contributed by atoms with Crippen LogP contribution in [0.3, 0.4) is 0 Å². The van der Waals surface area contributed by atoms with Gasteiger partial charge < -0.3 is 4.90 Å². The van der Waals surface area contributed by atoms with Gasteiger partial charge in [0.1, 0.15) is 5.78 Å². The third kappa shape index (κ3) is 3.08. The maximum atomic E-state index is 11.7. The summed E-state index contributed by atoms with van der Waals surface area (Å²) < 4.78 is 0. The van der Waals surface area contributed by atoms with Gasteiger partial charge in [0.25, 0.3) is 0 Å². The zero-order valence-electron chi connectivity index (χ0n) is 11.5. The predicted molar refractivity (Wildman–Crippen MR) is 70.0 cm³/mol. The molecule has 17 heavy (non-hydrogen) atoms. The lowest BCUT2D eigenvalue weighted by Gasteiger charge is -2.40. The van der Waals surface area contributed by atoms with Gasteiger partial charge in [0.15, 0.2) is 0 Å². The van der Waals surface area contributed by atoms with Crippen LogP contribution in [0.4, 0.5) is 0 Å². The number of nitrogens with zero attached hydrogens (tertiary/aromatic N) is 2. The Bertz CT molecular complexity index is 271. The molecule has 2 heterocycles. The van der Waals surface area contributed by atoms with E-state index < -0.39 is 0 Å². The molecular formula is C14H26N2O. The Balaban J connectivity index is 1.84. The van der Waals surface area contributed by atoms with Crippen molar-refractivity contribution < 1.29 is 4.79 Å². The Hall–Kier alpha value is -0.410. The summed E-state index contributed by atoms with van der Waals surface area (Å²) in [4.78, 5) is 16.6. The summed E-state index contributed by atoms with van der Waals surface area (Å²) in [7, 11) is 2.21. The van der Waals surface area contributed by atoms with Gasteiger partial charge >= 0.3 is 0 Å². The summed E-state index contributed by atoms with van der Waals surface area (Å²) in [5.41, 5.74) is 0. The first-order chi connectivity index (χ1) is 8.08. The molecule has 2 atom stereocenters. The van der Waals surface area contributed by atoms with Crippen LogP contribution in [-0.2, 0) is 4.79 Å². The molecule has 3 nitrogen and oxygen atoms in total. The molecule has 2 saturated heterocycles. The minimum atomic E-state index is 0.231. The standard InChI is InChI=1S/C14H26N2O/c1-11-12(2)16(9-6-14(11)17)10-13-4-7-15(3)8-5-13/h11-13H,4-10H2,1-3H3. The molecule has 0 radical (unpaired) electrons. The van der Waals surface area contributed by atoms with Crippen LogP contribution in [0.25, 0.3) is 0 Å². The fourth-order valence-corrected chi connectivity index (χ4v) is 3.10. The molecule has 0 N–H and O–H groups in total. The Labute approximate surface area is 105 Å². The normalized spacial score (nSPS) is 34.2. The Kier molecular flexibility index (Phi) is 4.21. The van der Waals surface area contributed by atoms with E-state index in [0.717, 1.165) is 18.9 Å². The molecule has 2 unspecified atom stereocenters. The zero-order valence-corrected chi connectivity index (χ0v) is 11.5. The number of Topliss-reactive ketones (excluding diaryl/α,β-unsaturated/α-hetero) is 1. The van der Waals surface area contributed by atoms with Gasteiger partial charge in [0.05, 0.1) is 0 Å². The predicted octanol–water partition coefficient (Wildman–Crippen LogP) is 1.63. The van der Waals surface area contributed by atoms with E-state index in [9.17, 15) is 4.79 Å². The largest absolute Gasteiger partial charge is 0.306 e. The van der Waals surface area contributed by atoms with E-state index in [2.05, 4.69) is 30.7 Å². The average molecular weight is 238 g/mol. The molecule has 0 saturated carbocycles. The number of rotatable bonds is 2. The molecular weight excluding hydrogens is 212 g/mol. The van der Waals surface area contributed by atoms with Gasteiger partial charge in [-0.05, 0) is 45.8 Å². The maximum absolute atomic E-state index is 11.7. The molecule has 0 aliphatic carbocycles. The molecule has 0 aromatic heterocycles. The highest BCUT2D eigenvalue weighted by Crippen LogP contribution is 2.24. The van der Waals surface area contributed by atoms with Crippen molar-refractivity contribution in [2.75, 3.05) is 33.2 Å². The number of piperidine rings is 2. The number of likely N-dealkylation sites (tertiary alicyclic amines) is 2. The smallest absolute Gasteiger partial charge is 0.138 e. The van der Waals surface area contributed by atoms with Crippen LogP contribution < -0.4 is 0 Å². The second kappa shape index (κ2) is 5.49. The van der Waals surface area contributed by atoms with Crippen molar-refractivity contribution in [3.05, 3.63) is 0 Å². The lowest BCUT2D eigenvalue weighted by atomic mass is 9.88. The molecule has 0 aromatic rings. The molecule has 0 aromatic carbocycles. The molecule has 3 heteroatoms. The molecule has 98 valence electrons. The third-order valence-corrected chi connectivity index (χ3v) is 4.78. The highest BCUT2D eigenvalue weighted by molar-refractivity contribution is 5.82. The van der Waals surface area contributed by atoms with Crippen molar-refractivity contribution in [1.29, 1.82) is 0 Å². The summed E-state index contributed by atoms with van der Waals surface area (Å²) in [6.45, 7) is 8.97. The third-order valence-electron chi connectivity index (χ3n) is 4.78. The van der Waals surface area contributed by atoms with E-state index >= 15 is 0 Å².